The highest BCUT2D eigenvalue weighted by Gasteiger charge is 2.36. The highest BCUT2D eigenvalue weighted by atomic mass is 32.2. The molecule has 33 heavy (non-hydrogen) atoms. The molecule has 1 aliphatic heterocycles. The minimum atomic E-state index is -0.539. The van der Waals surface area contributed by atoms with Gasteiger partial charge in [0.1, 0.15) is 11.0 Å². The maximum atomic E-state index is 13.1. The number of ether oxygens (including phenoxy) is 1. The van der Waals surface area contributed by atoms with Gasteiger partial charge in [0.25, 0.3) is 0 Å². The van der Waals surface area contributed by atoms with Gasteiger partial charge in [-0.3, -0.25) is 4.98 Å². The van der Waals surface area contributed by atoms with Crippen molar-refractivity contribution in [2.45, 2.75) is 17.3 Å². The van der Waals surface area contributed by atoms with E-state index in [-0.39, 0.29) is 6.61 Å². The summed E-state index contributed by atoms with van der Waals surface area (Å²) in [6.45, 7) is 2.03. The number of fused-ring (bicyclic) bond motifs is 1. The van der Waals surface area contributed by atoms with Gasteiger partial charge in [-0.1, -0.05) is 58.5 Å². The largest absolute Gasteiger partial charge is 0.463 e. The third-order valence-corrected chi connectivity index (χ3v) is 7.02. The highest BCUT2D eigenvalue weighted by molar-refractivity contribution is 8.01. The number of pyridine rings is 1. The second-order valence-electron chi connectivity index (χ2n) is 6.90. The zero-order chi connectivity index (χ0) is 22.6. The molecule has 1 aromatic carbocycles. The molecule has 10 nitrogen and oxygen atoms in total. The number of rotatable bonds is 7. The number of nitrogens with one attached hydrogen (secondary N) is 1. The Morgan fingerprint density at radius 1 is 1.15 bits per heavy atom. The Labute approximate surface area is 197 Å². The topological polar surface area (TPSA) is 121 Å². The SMILES string of the molecule is CCOC(=O)C1=C(CSc2nnc(-c3ccccc3)s2)Nc2nnnn2C1c1ccncc1. The number of hydrogen-bond donors (Lipinski definition) is 1. The van der Waals surface area contributed by atoms with Crippen LogP contribution in [0.2, 0.25) is 0 Å². The summed E-state index contributed by atoms with van der Waals surface area (Å²) in [6, 6.07) is 13.0. The summed E-state index contributed by atoms with van der Waals surface area (Å²) >= 11 is 2.98. The van der Waals surface area contributed by atoms with Gasteiger partial charge in [-0.15, -0.1) is 10.2 Å². The van der Waals surface area contributed by atoms with E-state index in [1.54, 1.807) is 24.0 Å². The average molecular weight is 479 g/mol. The molecule has 0 fully saturated rings. The monoisotopic (exact) mass is 478 g/mol. The third-order valence-electron chi connectivity index (χ3n) is 4.88. The lowest BCUT2D eigenvalue weighted by Gasteiger charge is -2.28. The first-order valence-electron chi connectivity index (χ1n) is 10.1. The third kappa shape index (κ3) is 4.34. The van der Waals surface area contributed by atoms with Crippen LogP contribution < -0.4 is 5.32 Å². The van der Waals surface area contributed by atoms with E-state index < -0.39 is 12.0 Å². The van der Waals surface area contributed by atoms with E-state index in [4.69, 9.17) is 4.74 Å². The Bertz CT molecular complexity index is 1290. The normalized spacial score (nSPS) is 15.1. The van der Waals surface area contributed by atoms with Crippen LogP contribution >= 0.6 is 23.1 Å². The van der Waals surface area contributed by atoms with Gasteiger partial charge in [0.2, 0.25) is 5.95 Å². The average Bonchev–Trinajstić information content (AvgIpc) is 3.52. The van der Waals surface area contributed by atoms with Crippen LogP contribution in [0.5, 0.6) is 0 Å². The number of benzene rings is 1. The zero-order valence-corrected chi connectivity index (χ0v) is 19.1. The van der Waals surface area contributed by atoms with Crippen molar-refractivity contribution < 1.29 is 9.53 Å². The van der Waals surface area contributed by atoms with E-state index in [9.17, 15) is 4.79 Å². The van der Waals surface area contributed by atoms with Crippen molar-refractivity contribution in [2.24, 2.45) is 0 Å². The first-order valence-corrected chi connectivity index (χ1v) is 11.9. The van der Waals surface area contributed by atoms with Crippen LogP contribution in [0.4, 0.5) is 5.95 Å². The molecule has 1 unspecified atom stereocenters. The fourth-order valence-corrected chi connectivity index (χ4v) is 5.28. The predicted molar refractivity (Wildman–Crippen MR) is 124 cm³/mol. The van der Waals surface area contributed by atoms with Crippen LogP contribution in [-0.2, 0) is 9.53 Å². The Hall–Kier alpha value is -3.64. The van der Waals surface area contributed by atoms with Crippen LogP contribution in [0.15, 0.2) is 70.5 Å². The van der Waals surface area contributed by atoms with Gasteiger partial charge >= 0.3 is 5.97 Å². The number of carbonyl (C=O) groups is 1. The number of nitrogens with zero attached hydrogens (tertiary/aromatic N) is 7. The molecule has 1 aliphatic rings. The van der Waals surface area contributed by atoms with Gasteiger partial charge in [0, 0.05) is 29.4 Å². The van der Waals surface area contributed by atoms with Gasteiger partial charge in [-0.05, 0) is 35.0 Å². The second kappa shape index (κ2) is 9.46. The van der Waals surface area contributed by atoms with Crippen molar-refractivity contribution in [2.75, 3.05) is 17.7 Å². The summed E-state index contributed by atoms with van der Waals surface area (Å²) in [6.07, 6.45) is 3.34. The number of aromatic nitrogens is 7. The molecule has 0 saturated carbocycles. The second-order valence-corrected chi connectivity index (χ2v) is 9.10. The van der Waals surface area contributed by atoms with E-state index >= 15 is 0 Å². The van der Waals surface area contributed by atoms with E-state index in [1.165, 1.54) is 23.1 Å². The lowest BCUT2D eigenvalue weighted by Crippen LogP contribution is -2.31. The van der Waals surface area contributed by atoms with E-state index in [0.29, 0.717) is 23.0 Å². The molecule has 0 bridgehead atoms. The summed E-state index contributed by atoms with van der Waals surface area (Å²) in [5.41, 5.74) is 2.95. The minimum Gasteiger partial charge on any atom is -0.463 e. The lowest BCUT2D eigenvalue weighted by atomic mass is 9.96. The number of esters is 1. The fourth-order valence-electron chi connectivity index (χ4n) is 3.45. The summed E-state index contributed by atoms with van der Waals surface area (Å²) in [4.78, 5) is 17.2. The van der Waals surface area contributed by atoms with Crippen LogP contribution in [0.1, 0.15) is 18.5 Å². The molecule has 4 aromatic rings. The van der Waals surface area contributed by atoms with Gasteiger partial charge in [-0.2, -0.15) is 4.68 Å². The first-order chi connectivity index (χ1) is 16.2. The first kappa shape index (κ1) is 21.2. The van der Waals surface area contributed by atoms with E-state index in [1.807, 2.05) is 42.5 Å². The van der Waals surface area contributed by atoms with Crippen LogP contribution in [-0.4, -0.2) is 53.7 Å². The Kier molecular flexibility index (Phi) is 6.09. The summed E-state index contributed by atoms with van der Waals surface area (Å²) in [7, 11) is 0. The van der Waals surface area contributed by atoms with Crippen LogP contribution in [0.25, 0.3) is 10.6 Å². The molecule has 0 amide bonds. The summed E-state index contributed by atoms with van der Waals surface area (Å²) < 4.78 is 7.77. The van der Waals surface area contributed by atoms with Crippen molar-refractivity contribution in [1.29, 1.82) is 0 Å². The van der Waals surface area contributed by atoms with Gasteiger partial charge in [0.15, 0.2) is 4.34 Å². The van der Waals surface area contributed by atoms with Crippen molar-refractivity contribution in [3.63, 3.8) is 0 Å². The maximum Gasteiger partial charge on any atom is 0.338 e. The molecule has 0 spiro atoms. The van der Waals surface area contributed by atoms with Gasteiger partial charge < -0.3 is 10.1 Å². The molecule has 5 rings (SSSR count). The molecule has 12 heteroatoms. The molecule has 1 N–H and O–H groups in total. The lowest BCUT2D eigenvalue weighted by molar-refractivity contribution is -0.139. The Morgan fingerprint density at radius 3 is 2.76 bits per heavy atom. The number of thioether (sulfide) groups is 1. The molecule has 0 aliphatic carbocycles. The molecule has 166 valence electrons. The highest BCUT2D eigenvalue weighted by Crippen LogP contribution is 2.37. The number of tetrazole rings is 1. The predicted octanol–water partition coefficient (Wildman–Crippen LogP) is 3.21. The smallest absolute Gasteiger partial charge is 0.338 e. The Balaban J connectivity index is 1.48. The maximum absolute atomic E-state index is 13.1. The summed E-state index contributed by atoms with van der Waals surface area (Å²) in [5.74, 6) is 0.458. The van der Waals surface area contributed by atoms with Crippen molar-refractivity contribution in [1.82, 2.24) is 35.4 Å². The van der Waals surface area contributed by atoms with Gasteiger partial charge in [-0.25, -0.2) is 4.79 Å². The molecule has 4 heterocycles. The van der Waals surface area contributed by atoms with Gasteiger partial charge in [0.05, 0.1) is 12.2 Å². The molecular weight excluding hydrogens is 460 g/mol. The molecular formula is C21H18N8O2S2. The van der Waals surface area contributed by atoms with E-state index in [2.05, 4.69) is 36.0 Å². The van der Waals surface area contributed by atoms with E-state index in [0.717, 1.165) is 20.5 Å². The fraction of sp³-hybridized carbons (Fsp3) is 0.190. The van der Waals surface area contributed by atoms with Crippen LogP contribution in [0.3, 0.4) is 0 Å². The van der Waals surface area contributed by atoms with Crippen LogP contribution in [0, 0.1) is 0 Å². The van der Waals surface area contributed by atoms with Crippen molar-refractivity contribution in [3.8, 4) is 10.6 Å². The Morgan fingerprint density at radius 2 is 1.97 bits per heavy atom. The molecule has 3 aromatic heterocycles. The van der Waals surface area contributed by atoms with Crippen molar-refractivity contribution in [3.05, 3.63) is 71.7 Å². The zero-order valence-electron chi connectivity index (χ0n) is 17.5. The molecule has 1 atom stereocenters. The summed E-state index contributed by atoms with van der Waals surface area (Å²) in [5, 5.41) is 24.6. The quantitative estimate of drug-likeness (QED) is 0.313. The standard InChI is InChI=1S/C21H18N8O2S2/c1-2-31-19(30)16-15(12-32-21-26-24-18(33-21)14-6-4-3-5-7-14)23-20-25-27-28-29(20)17(16)13-8-10-22-11-9-13/h3-11,17H,2,12H2,1H3,(H,23,25,28). The number of anilines is 1. The molecule has 0 saturated heterocycles. The number of hydrogen-bond acceptors (Lipinski definition) is 11. The number of carbonyl (C=O) groups excluding carboxylic acids is 1. The molecule has 0 radical (unpaired) electrons. The van der Waals surface area contributed by atoms with Crippen molar-refractivity contribution >= 4 is 35.0 Å². The minimum absolute atomic E-state index is 0.255.